The van der Waals surface area contributed by atoms with Crippen LogP contribution in [0.3, 0.4) is 0 Å². The quantitative estimate of drug-likeness (QED) is 0.742. The van der Waals surface area contributed by atoms with Gasteiger partial charge in [0.25, 0.3) is 0 Å². The van der Waals surface area contributed by atoms with Crippen molar-refractivity contribution in [2.75, 3.05) is 5.75 Å². The molecule has 0 fully saturated rings. The van der Waals surface area contributed by atoms with E-state index in [1.807, 2.05) is 47.0 Å². The number of aliphatic carboxylic acids is 1. The molecule has 1 aromatic heterocycles. The van der Waals surface area contributed by atoms with Crippen LogP contribution in [0.2, 0.25) is 5.02 Å². The van der Waals surface area contributed by atoms with E-state index in [2.05, 4.69) is 4.98 Å². The normalized spacial score (nSPS) is 10.9. The Morgan fingerprint density at radius 3 is 2.67 bits per heavy atom. The lowest BCUT2D eigenvalue weighted by Crippen LogP contribution is -2.01. The summed E-state index contributed by atoms with van der Waals surface area (Å²) >= 11 is 7.37. The fourth-order valence-corrected chi connectivity index (χ4v) is 3.05. The molecule has 1 N–H and O–H groups in total. The van der Waals surface area contributed by atoms with Crippen molar-refractivity contribution in [1.29, 1.82) is 0 Å². The number of rotatable bonds is 4. The van der Waals surface area contributed by atoms with E-state index in [0.29, 0.717) is 15.7 Å². The molecule has 3 rings (SSSR count). The van der Waals surface area contributed by atoms with Crippen LogP contribution in [0.15, 0.2) is 53.7 Å². The molecule has 0 amide bonds. The van der Waals surface area contributed by atoms with Crippen molar-refractivity contribution in [3.8, 4) is 5.69 Å². The molecule has 3 aromatic rings. The monoisotopic (exact) mass is 318 g/mol. The zero-order valence-corrected chi connectivity index (χ0v) is 12.4. The van der Waals surface area contributed by atoms with Crippen LogP contribution in [0, 0.1) is 0 Å². The highest BCUT2D eigenvalue weighted by Crippen LogP contribution is 2.31. The summed E-state index contributed by atoms with van der Waals surface area (Å²) in [5.41, 5.74) is 2.47. The highest BCUT2D eigenvalue weighted by Gasteiger charge is 2.15. The van der Waals surface area contributed by atoms with E-state index in [0.717, 1.165) is 11.2 Å². The van der Waals surface area contributed by atoms with E-state index in [9.17, 15) is 4.79 Å². The maximum Gasteiger partial charge on any atom is 0.313 e. The number of imidazole rings is 1. The van der Waals surface area contributed by atoms with Crippen molar-refractivity contribution in [3.63, 3.8) is 0 Å². The number of aromatic nitrogens is 2. The molecule has 0 aliphatic heterocycles. The first kappa shape index (κ1) is 14.0. The van der Waals surface area contributed by atoms with Gasteiger partial charge in [-0.15, -0.1) is 0 Å². The van der Waals surface area contributed by atoms with Crippen molar-refractivity contribution < 1.29 is 9.90 Å². The standard InChI is InChI=1S/C15H11ClN2O2S/c16-11-7-4-8-12-14(11)17-15(21-9-13(19)20)18(12)10-5-2-1-3-6-10/h1-8H,9H2,(H,19,20). The molecule has 0 saturated carbocycles. The lowest BCUT2D eigenvalue weighted by atomic mass is 10.3. The summed E-state index contributed by atoms with van der Waals surface area (Å²) in [7, 11) is 0. The van der Waals surface area contributed by atoms with E-state index in [1.165, 1.54) is 11.8 Å². The third kappa shape index (κ3) is 2.75. The minimum atomic E-state index is -0.877. The molecule has 0 aliphatic rings. The Balaban J connectivity index is 2.21. The van der Waals surface area contributed by atoms with E-state index >= 15 is 0 Å². The number of carboxylic acids is 1. The molecule has 6 heteroatoms. The molecule has 0 unspecified atom stereocenters. The molecule has 4 nitrogen and oxygen atoms in total. The summed E-state index contributed by atoms with van der Waals surface area (Å²) in [6.45, 7) is 0. The SMILES string of the molecule is O=C(O)CSc1nc2c(Cl)cccc2n1-c1ccccc1. The minimum absolute atomic E-state index is 0.0478. The number of para-hydroxylation sites is 2. The molecular formula is C15H11ClN2O2S. The highest BCUT2D eigenvalue weighted by molar-refractivity contribution is 7.99. The zero-order valence-electron chi connectivity index (χ0n) is 10.9. The number of carbonyl (C=O) groups is 1. The third-order valence-electron chi connectivity index (χ3n) is 2.94. The lowest BCUT2D eigenvalue weighted by molar-refractivity contribution is -0.133. The molecule has 0 spiro atoms. The maximum atomic E-state index is 10.8. The second kappa shape index (κ2) is 5.79. The number of thioether (sulfide) groups is 1. The van der Waals surface area contributed by atoms with Gasteiger partial charge in [0.1, 0.15) is 5.52 Å². The van der Waals surface area contributed by atoms with Gasteiger partial charge in [0, 0.05) is 5.69 Å². The number of hydrogen-bond donors (Lipinski definition) is 1. The average molecular weight is 319 g/mol. The molecule has 0 aliphatic carbocycles. The summed E-state index contributed by atoms with van der Waals surface area (Å²) in [5, 5.41) is 10.1. The first-order valence-electron chi connectivity index (χ1n) is 6.24. The second-order valence-electron chi connectivity index (χ2n) is 4.36. The van der Waals surface area contributed by atoms with E-state index < -0.39 is 5.97 Å². The van der Waals surface area contributed by atoms with Gasteiger partial charge >= 0.3 is 5.97 Å². The molecule has 1 heterocycles. The highest BCUT2D eigenvalue weighted by atomic mass is 35.5. The number of halogens is 1. The van der Waals surface area contributed by atoms with Crippen molar-refractivity contribution in [1.82, 2.24) is 9.55 Å². The van der Waals surface area contributed by atoms with Gasteiger partial charge in [-0.2, -0.15) is 0 Å². The van der Waals surface area contributed by atoms with Gasteiger partial charge < -0.3 is 5.11 Å². The van der Waals surface area contributed by atoms with Gasteiger partial charge in [-0.3, -0.25) is 9.36 Å². The Hall–Kier alpha value is -1.98. The Morgan fingerprint density at radius 2 is 1.95 bits per heavy atom. The van der Waals surface area contributed by atoms with Crippen molar-refractivity contribution in [2.24, 2.45) is 0 Å². The zero-order chi connectivity index (χ0) is 14.8. The first-order valence-corrected chi connectivity index (χ1v) is 7.60. The maximum absolute atomic E-state index is 10.8. The van der Waals surface area contributed by atoms with Crippen LogP contribution in [0.1, 0.15) is 0 Å². The number of benzene rings is 2. The van der Waals surface area contributed by atoms with Crippen LogP contribution in [0.4, 0.5) is 0 Å². The first-order chi connectivity index (χ1) is 10.2. The molecule has 0 atom stereocenters. The number of fused-ring (bicyclic) bond motifs is 1. The van der Waals surface area contributed by atoms with Crippen molar-refractivity contribution in [2.45, 2.75) is 5.16 Å². The van der Waals surface area contributed by atoms with Crippen LogP contribution in [-0.4, -0.2) is 26.4 Å². The smallest absolute Gasteiger partial charge is 0.313 e. The molecule has 0 bridgehead atoms. The Bertz CT molecular complexity index is 802. The van der Waals surface area contributed by atoms with Gasteiger partial charge in [0.05, 0.1) is 16.3 Å². The van der Waals surface area contributed by atoms with Gasteiger partial charge in [-0.25, -0.2) is 4.98 Å². The van der Waals surface area contributed by atoms with Crippen LogP contribution < -0.4 is 0 Å². The average Bonchev–Trinajstić information content (AvgIpc) is 2.86. The topological polar surface area (TPSA) is 55.1 Å². The van der Waals surface area contributed by atoms with Crippen molar-refractivity contribution in [3.05, 3.63) is 53.6 Å². The summed E-state index contributed by atoms with van der Waals surface area (Å²) in [6, 6.07) is 15.2. The fraction of sp³-hybridized carbons (Fsp3) is 0.0667. The summed E-state index contributed by atoms with van der Waals surface area (Å²) < 4.78 is 1.93. The molecular weight excluding hydrogens is 308 g/mol. The van der Waals surface area contributed by atoms with Crippen molar-refractivity contribution >= 4 is 40.4 Å². The van der Waals surface area contributed by atoms with Gasteiger partial charge in [0.15, 0.2) is 5.16 Å². The number of nitrogens with zero attached hydrogens (tertiary/aromatic N) is 2. The Labute approximate surface area is 130 Å². The fourth-order valence-electron chi connectivity index (χ4n) is 2.09. The third-order valence-corrected chi connectivity index (χ3v) is 4.17. The summed E-state index contributed by atoms with van der Waals surface area (Å²) in [6.07, 6.45) is 0. The van der Waals surface area contributed by atoms with Crippen LogP contribution >= 0.6 is 23.4 Å². The largest absolute Gasteiger partial charge is 0.481 e. The predicted molar refractivity (Wildman–Crippen MR) is 84.4 cm³/mol. The molecule has 2 aromatic carbocycles. The lowest BCUT2D eigenvalue weighted by Gasteiger charge is -2.08. The van der Waals surface area contributed by atoms with Crippen LogP contribution in [-0.2, 0) is 4.79 Å². The van der Waals surface area contributed by atoms with E-state index in [4.69, 9.17) is 16.7 Å². The molecule has 106 valence electrons. The van der Waals surface area contributed by atoms with E-state index in [-0.39, 0.29) is 5.75 Å². The van der Waals surface area contributed by atoms with Gasteiger partial charge in [-0.1, -0.05) is 47.6 Å². The molecule has 21 heavy (non-hydrogen) atoms. The number of carboxylic acid groups (broad SMARTS) is 1. The second-order valence-corrected chi connectivity index (χ2v) is 5.71. The summed E-state index contributed by atoms with van der Waals surface area (Å²) in [5.74, 6) is -0.925. The van der Waals surface area contributed by atoms with E-state index in [1.54, 1.807) is 6.07 Å². The van der Waals surface area contributed by atoms with Gasteiger partial charge in [0.2, 0.25) is 0 Å². The minimum Gasteiger partial charge on any atom is -0.481 e. The van der Waals surface area contributed by atoms with Crippen LogP contribution in [0.5, 0.6) is 0 Å². The van der Waals surface area contributed by atoms with Crippen LogP contribution in [0.25, 0.3) is 16.7 Å². The summed E-state index contributed by atoms with van der Waals surface area (Å²) in [4.78, 5) is 15.3. The van der Waals surface area contributed by atoms with Gasteiger partial charge in [-0.05, 0) is 24.3 Å². The number of hydrogen-bond acceptors (Lipinski definition) is 3. The predicted octanol–water partition coefficient (Wildman–Crippen LogP) is 3.86. The Kier molecular flexibility index (Phi) is 3.86. The molecule has 0 radical (unpaired) electrons. The Morgan fingerprint density at radius 1 is 1.19 bits per heavy atom. The molecule has 0 saturated heterocycles.